The third kappa shape index (κ3) is 1.50. The Kier molecular flexibility index (Phi) is 2.17. The predicted molar refractivity (Wildman–Crippen MR) is 53.3 cm³/mol. The molecular formula is C10H15N3. The van der Waals surface area contributed by atoms with Gasteiger partial charge in [-0.1, -0.05) is 12.8 Å². The zero-order valence-electron chi connectivity index (χ0n) is 7.74. The van der Waals surface area contributed by atoms with Crippen LogP contribution in [0.15, 0.2) is 11.1 Å². The molecule has 0 radical (unpaired) electrons. The number of hydrogen-bond donors (Lipinski definition) is 3. The fourth-order valence-corrected chi connectivity index (χ4v) is 2.09. The largest absolute Gasteiger partial charge is 0.325 e. The third-order valence-electron chi connectivity index (χ3n) is 2.82. The molecule has 2 aliphatic rings. The van der Waals surface area contributed by atoms with Crippen molar-refractivity contribution in [2.45, 2.75) is 38.5 Å². The van der Waals surface area contributed by atoms with Crippen LogP contribution in [0.1, 0.15) is 38.5 Å². The molecule has 3 heteroatoms. The molecule has 0 aromatic rings. The monoisotopic (exact) mass is 177 g/mol. The van der Waals surface area contributed by atoms with Crippen molar-refractivity contribution in [3.05, 3.63) is 11.1 Å². The summed E-state index contributed by atoms with van der Waals surface area (Å²) in [5.41, 5.74) is 2.20. The highest BCUT2D eigenvalue weighted by Gasteiger charge is 2.24. The van der Waals surface area contributed by atoms with E-state index < -0.39 is 0 Å². The van der Waals surface area contributed by atoms with Gasteiger partial charge < -0.3 is 5.32 Å². The maximum atomic E-state index is 7.66. The second kappa shape index (κ2) is 3.32. The minimum absolute atomic E-state index is 0.474. The van der Waals surface area contributed by atoms with Gasteiger partial charge in [-0.05, 0) is 25.7 Å². The van der Waals surface area contributed by atoms with E-state index in [9.17, 15) is 0 Å². The number of nitrogens with one attached hydrogen (secondary N) is 3. The molecule has 0 bridgehead atoms. The number of amidine groups is 2. The van der Waals surface area contributed by atoms with Crippen molar-refractivity contribution >= 4 is 11.7 Å². The Morgan fingerprint density at radius 2 is 1.23 bits per heavy atom. The minimum Gasteiger partial charge on any atom is -0.325 e. The molecule has 3 N–H and O–H groups in total. The van der Waals surface area contributed by atoms with Gasteiger partial charge in [-0.3, -0.25) is 10.8 Å². The summed E-state index contributed by atoms with van der Waals surface area (Å²) >= 11 is 0. The van der Waals surface area contributed by atoms with Gasteiger partial charge in [0.15, 0.2) is 0 Å². The SMILES string of the molecule is N=C1NC(=N)C2=C1CCCCCC2. The van der Waals surface area contributed by atoms with Crippen LogP contribution in [0.5, 0.6) is 0 Å². The average molecular weight is 177 g/mol. The minimum atomic E-state index is 0.474. The molecule has 0 aromatic carbocycles. The molecule has 1 heterocycles. The Bertz CT molecular complexity index is 261. The molecule has 0 saturated heterocycles. The van der Waals surface area contributed by atoms with Crippen molar-refractivity contribution in [1.82, 2.24) is 5.32 Å². The lowest BCUT2D eigenvalue weighted by Gasteiger charge is -2.09. The molecule has 13 heavy (non-hydrogen) atoms. The molecule has 2 rings (SSSR count). The maximum absolute atomic E-state index is 7.66. The first kappa shape index (κ1) is 8.48. The highest BCUT2D eigenvalue weighted by molar-refractivity contribution is 6.21. The van der Waals surface area contributed by atoms with Crippen molar-refractivity contribution in [3.63, 3.8) is 0 Å². The summed E-state index contributed by atoms with van der Waals surface area (Å²) in [6.07, 6.45) is 6.88. The van der Waals surface area contributed by atoms with E-state index in [1.54, 1.807) is 0 Å². The topological polar surface area (TPSA) is 59.7 Å². The molecule has 0 aromatic heterocycles. The Balaban J connectivity index is 2.27. The van der Waals surface area contributed by atoms with Crippen LogP contribution in [-0.4, -0.2) is 11.7 Å². The van der Waals surface area contributed by atoms with E-state index in [0.29, 0.717) is 11.7 Å². The molecule has 0 amide bonds. The average Bonchev–Trinajstić information content (AvgIpc) is 2.25. The van der Waals surface area contributed by atoms with Crippen molar-refractivity contribution in [2.24, 2.45) is 0 Å². The lowest BCUT2D eigenvalue weighted by atomic mass is 9.94. The first-order valence-corrected chi connectivity index (χ1v) is 4.96. The van der Waals surface area contributed by atoms with Crippen LogP contribution in [0.4, 0.5) is 0 Å². The van der Waals surface area contributed by atoms with Gasteiger partial charge in [-0.25, -0.2) is 0 Å². The van der Waals surface area contributed by atoms with Crippen LogP contribution in [0.3, 0.4) is 0 Å². The molecule has 0 atom stereocenters. The summed E-state index contributed by atoms with van der Waals surface area (Å²) in [6, 6.07) is 0. The Labute approximate surface area is 78.2 Å². The van der Waals surface area contributed by atoms with Crippen LogP contribution < -0.4 is 5.32 Å². The van der Waals surface area contributed by atoms with Gasteiger partial charge in [0.25, 0.3) is 0 Å². The maximum Gasteiger partial charge on any atom is 0.127 e. The van der Waals surface area contributed by atoms with Crippen LogP contribution in [0, 0.1) is 10.8 Å². The van der Waals surface area contributed by atoms with Gasteiger partial charge in [-0.2, -0.15) is 0 Å². The lowest BCUT2D eigenvalue weighted by Crippen LogP contribution is -2.22. The predicted octanol–water partition coefficient (Wildman–Crippen LogP) is 2.19. The van der Waals surface area contributed by atoms with Crippen LogP contribution in [0.25, 0.3) is 0 Å². The van der Waals surface area contributed by atoms with Crippen molar-refractivity contribution < 1.29 is 0 Å². The molecular weight excluding hydrogens is 162 g/mol. The molecule has 0 saturated carbocycles. The van der Waals surface area contributed by atoms with Gasteiger partial charge in [0.1, 0.15) is 11.7 Å². The van der Waals surface area contributed by atoms with Gasteiger partial charge >= 0.3 is 0 Å². The van der Waals surface area contributed by atoms with E-state index in [-0.39, 0.29) is 0 Å². The molecule has 1 aliphatic carbocycles. The van der Waals surface area contributed by atoms with Crippen molar-refractivity contribution in [2.75, 3.05) is 0 Å². The van der Waals surface area contributed by atoms with Gasteiger partial charge in [-0.15, -0.1) is 0 Å². The van der Waals surface area contributed by atoms with E-state index in [1.165, 1.54) is 25.7 Å². The second-order valence-electron chi connectivity index (χ2n) is 3.75. The van der Waals surface area contributed by atoms with E-state index >= 15 is 0 Å². The second-order valence-corrected chi connectivity index (χ2v) is 3.75. The van der Waals surface area contributed by atoms with Crippen LogP contribution >= 0.6 is 0 Å². The Morgan fingerprint density at radius 3 is 1.69 bits per heavy atom. The molecule has 0 unspecified atom stereocenters. The van der Waals surface area contributed by atoms with E-state index in [1.807, 2.05) is 0 Å². The summed E-state index contributed by atoms with van der Waals surface area (Å²) in [5, 5.41) is 18.1. The van der Waals surface area contributed by atoms with Crippen molar-refractivity contribution in [3.8, 4) is 0 Å². The highest BCUT2D eigenvalue weighted by Crippen LogP contribution is 2.26. The highest BCUT2D eigenvalue weighted by atomic mass is 15.0. The summed E-state index contributed by atoms with van der Waals surface area (Å²) < 4.78 is 0. The summed E-state index contributed by atoms with van der Waals surface area (Å²) in [6.45, 7) is 0. The van der Waals surface area contributed by atoms with Crippen LogP contribution in [-0.2, 0) is 0 Å². The zero-order valence-corrected chi connectivity index (χ0v) is 7.74. The fourth-order valence-electron chi connectivity index (χ4n) is 2.09. The molecule has 70 valence electrons. The fraction of sp³-hybridized carbons (Fsp3) is 0.600. The third-order valence-corrected chi connectivity index (χ3v) is 2.82. The van der Waals surface area contributed by atoms with Crippen LogP contribution in [0.2, 0.25) is 0 Å². The van der Waals surface area contributed by atoms with E-state index in [4.69, 9.17) is 10.8 Å². The normalized spacial score (nSPS) is 23.7. The molecule has 0 spiro atoms. The van der Waals surface area contributed by atoms with Gasteiger partial charge in [0.2, 0.25) is 0 Å². The summed E-state index contributed by atoms with van der Waals surface area (Å²) in [5.74, 6) is 0.948. The summed E-state index contributed by atoms with van der Waals surface area (Å²) in [4.78, 5) is 0. The molecule has 3 nitrogen and oxygen atoms in total. The smallest absolute Gasteiger partial charge is 0.127 e. The first-order chi connectivity index (χ1) is 6.29. The lowest BCUT2D eigenvalue weighted by molar-refractivity contribution is 0.627. The molecule has 1 aliphatic heterocycles. The van der Waals surface area contributed by atoms with E-state index in [2.05, 4.69) is 5.32 Å². The van der Waals surface area contributed by atoms with Crippen molar-refractivity contribution in [1.29, 1.82) is 10.8 Å². The number of rotatable bonds is 0. The van der Waals surface area contributed by atoms with E-state index in [0.717, 1.165) is 24.0 Å². The summed E-state index contributed by atoms with van der Waals surface area (Å²) in [7, 11) is 0. The van der Waals surface area contributed by atoms with Gasteiger partial charge in [0, 0.05) is 11.1 Å². The quantitative estimate of drug-likeness (QED) is 0.522. The first-order valence-electron chi connectivity index (χ1n) is 4.96. The molecule has 0 fully saturated rings. The standard InChI is InChI=1S/C10H15N3/c11-9-7-5-3-1-2-4-6-8(7)10(12)13-9/h1-6H2,(H3,11,12,13). The Morgan fingerprint density at radius 1 is 0.769 bits per heavy atom. The number of hydrogen-bond acceptors (Lipinski definition) is 2. The van der Waals surface area contributed by atoms with Gasteiger partial charge in [0.05, 0.1) is 0 Å². The Hall–Kier alpha value is -1.12. The zero-order chi connectivity index (χ0) is 9.26.